The van der Waals surface area contributed by atoms with Crippen LogP contribution in [0.5, 0.6) is 0 Å². The van der Waals surface area contributed by atoms with Crippen LogP contribution in [0.1, 0.15) is 0 Å². The minimum absolute atomic E-state index is 0.706. The van der Waals surface area contributed by atoms with Crippen molar-refractivity contribution in [2.75, 3.05) is 6.66 Å². The van der Waals surface area contributed by atoms with Gasteiger partial charge in [0.2, 0.25) is 0 Å². The van der Waals surface area contributed by atoms with Crippen molar-refractivity contribution in [3.63, 3.8) is 0 Å². The van der Waals surface area contributed by atoms with Crippen LogP contribution in [0.2, 0.25) is 0 Å². The van der Waals surface area contributed by atoms with Gasteiger partial charge in [-0.1, -0.05) is 164 Å². The summed E-state index contributed by atoms with van der Waals surface area (Å²) in [7, 11) is -2.67. The zero-order valence-electron chi connectivity index (χ0n) is 26.9. The molecule has 1 unspecified atom stereocenters. The second-order valence-corrected chi connectivity index (χ2v) is 15.4. The molecule has 7 aromatic carbocycles. The van der Waals surface area contributed by atoms with Crippen LogP contribution in [0.15, 0.2) is 170 Å². The quantitative estimate of drug-likeness (QED) is 0.175. The third kappa shape index (κ3) is 4.94. The summed E-state index contributed by atoms with van der Waals surface area (Å²) in [5, 5.41) is 4.25. The Morgan fingerprint density at radius 1 is 0.408 bits per heavy atom. The Kier molecular flexibility index (Phi) is 6.97. The van der Waals surface area contributed by atoms with Crippen molar-refractivity contribution < 1.29 is 4.57 Å². The minimum atomic E-state index is -2.67. The van der Waals surface area contributed by atoms with Crippen molar-refractivity contribution in [1.82, 2.24) is 9.97 Å². The number of rotatable bonds is 5. The van der Waals surface area contributed by atoms with Crippen LogP contribution >= 0.6 is 7.14 Å². The average Bonchev–Trinajstić information content (AvgIpc) is 3.41. The molecule has 0 saturated heterocycles. The Morgan fingerprint density at radius 3 is 1.63 bits per heavy atom. The van der Waals surface area contributed by atoms with Gasteiger partial charge in [-0.05, 0) is 51.3 Å². The van der Waals surface area contributed by atoms with E-state index >= 15 is 0 Å². The van der Waals surface area contributed by atoms with E-state index in [4.69, 9.17) is 9.97 Å². The minimum Gasteiger partial charge on any atom is -0.314 e. The van der Waals surface area contributed by atoms with Crippen LogP contribution in [0.4, 0.5) is 0 Å². The molecule has 0 amide bonds. The summed E-state index contributed by atoms with van der Waals surface area (Å²) >= 11 is 0. The fourth-order valence-electron chi connectivity index (χ4n) is 7.26. The van der Waals surface area contributed by atoms with E-state index < -0.39 is 7.14 Å². The molecule has 2 heterocycles. The van der Waals surface area contributed by atoms with Gasteiger partial charge in [0.1, 0.15) is 7.14 Å². The van der Waals surface area contributed by atoms with E-state index in [0.717, 1.165) is 72.1 Å². The highest BCUT2D eigenvalue weighted by Gasteiger charge is 2.36. The molecule has 0 fully saturated rings. The van der Waals surface area contributed by atoms with Crippen LogP contribution in [0.25, 0.3) is 78.1 Å². The number of hydrogen-bond donors (Lipinski definition) is 0. The predicted molar refractivity (Wildman–Crippen MR) is 205 cm³/mol. The number of aromatic nitrogens is 2. The van der Waals surface area contributed by atoms with Gasteiger partial charge in [0.05, 0.1) is 11.4 Å². The van der Waals surface area contributed by atoms with Gasteiger partial charge in [0.25, 0.3) is 0 Å². The number of hydrogen-bond acceptors (Lipinski definition) is 3. The summed E-state index contributed by atoms with van der Waals surface area (Å²) in [5.74, 6) is 0.706. The largest absolute Gasteiger partial charge is 0.314 e. The molecular formula is C45H31N2OP. The maximum absolute atomic E-state index is 14.0. The monoisotopic (exact) mass is 646 g/mol. The number of fused-ring (bicyclic) bond motifs is 4. The van der Waals surface area contributed by atoms with Crippen molar-refractivity contribution in [2.45, 2.75) is 0 Å². The molecule has 4 heteroatoms. The van der Waals surface area contributed by atoms with Gasteiger partial charge in [-0.2, -0.15) is 0 Å². The lowest BCUT2D eigenvalue weighted by Gasteiger charge is -2.16. The Bertz CT molecular complexity index is 2520. The molecule has 0 spiro atoms. The molecule has 49 heavy (non-hydrogen) atoms. The second kappa shape index (κ2) is 11.7. The lowest BCUT2D eigenvalue weighted by molar-refractivity contribution is 0.591. The Balaban J connectivity index is 1.14. The molecule has 1 aliphatic heterocycles. The maximum atomic E-state index is 14.0. The van der Waals surface area contributed by atoms with Crippen LogP contribution in [0, 0.1) is 0 Å². The molecule has 3 nitrogen and oxygen atoms in total. The summed E-state index contributed by atoms with van der Waals surface area (Å²) in [6.45, 7) is 1.90. The van der Waals surface area contributed by atoms with E-state index in [2.05, 4.69) is 109 Å². The van der Waals surface area contributed by atoms with E-state index in [1.807, 2.05) is 67.3 Å². The standard InChI is InChI=1S/C45H31N2OP/c1-49(48)42-21-11-10-19-39(42)44-38(20-12-22-43(44)49)37-28-27-34(35-17-8-9-18-36(35)37)30-23-25-32(26-24-30)41-29-40(31-13-4-2-5-14-31)46-45(47-41)33-15-6-3-7-16-33/h2-29H,1H3. The van der Waals surface area contributed by atoms with Crippen molar-refractivity contribution >= 4 is 28.5 Å². The van der Waals surface area contributed by atoms with Gasteiger partial charge < -0.3 is 4.57 Å². The van der Waals surface area contributed by atoms with E-state index in [1.165, 1.54) is 10.8 Å². The number of nitrogens with zero attached hydrogens (tertiary/aromatic N) is 2. The predicted octanol–water partition coefficient (Wildman–Crippen LogP) is 10.9. The summed E-state index contributed by atoms with van der Waals surface area (Å²) in [6.07, 6.45) is 0. The molecule has 1 atom stereocenters. The zero-order valence-corrected chi connectivity index (χ0v) is 27.8. The first-order valence-corrected chi connectivity index (χ1v) is 18.7. The molecule has 0 bridgehead atoms. The Morgan fingerprint density at radius 2 is 0.918 bits per heavy atom. The van der Waals surface area contributed by atoms with Gasteiger partial charge in [-0.15, -0.1) is 0 Å². The van der Waals surface area contributed by atoms with E-state index in [1.54, 1.807) is 0 Å². The molecule has 0 radical (unpaired) electrons. The molecule has 8 aromatic rings. The van der Waals surface area contributed by atoms with Crippen LogP contribution in [-0.4, -0.2) is 16.6 Å². The van der Waals surface area contributed by atoms with E-state index in [0.29, 0.717) is 5.82 Å². The van der Waals surface area contributed by atoms with Crippen LogP contribution in [0.3, 0.4) is 0 Å². The first kappa shape index (κ1) is 29.3. The Labute approximate surface area is 286 Å². The van der Waals surface area contributed by atoms with Crippen molar-refractivity contribution in [3.8, 4) is 67.3 Å². The number of benzene rings is 7. The SMILES string of the molecule is CP1(=O)c2ccccc2-c2c(-c3ccc(-c4ccc(-c5cc(-c6ccccc6)nc(-c6ccccc6)n5)cc4)c4ccccc34)cccc21. The molecule has 1 aromatic heterocycles. The molecular weight excluding hydrogens is 615 g/mol. The van der Waals surface area contributed by atoms with Gasteiger partial charge in [-0.25, -0.2) is 9.97 Å². The highest BCUT2D eigenvalue weighted by molar-refractivity contribution is 7.79. The summed E-state index contributed by atoms with van der Waals surface area (Å²) in [6, 6.07) is 58.7. The topological polar surface area (TPSA) is 42.9 Å². The molecule has 0 N–H and O–H groups in total. The third-order valence-electron chi connectivity index (χ3n) is 9.67. The highest BCUT2D eigenvalue weighted by Crippen LogP contribution is 2.53. The van der Waals surface area contributed by atoms with Gasteiger partial charge in [0.15, 0.2) is 5.82 Å². The average molecular weight is 647 g/mol. The first-order chi connectivity index (χ1) is 24.1. The first-order valence-electron chi connectivity index (χ1n) is 16.5. The molecule has 232 valence electrons. The van der Waals surface area contributed by atoms with Crippen molar-refractivity contribution in [2.24, 2.45) is 0 Å². The Hall–Kier alpha value is -5.89. The van der Waals surface area contributed by atoms with E-state index in [9.17, 15) is 4.57 Å². The highest BCUT2D eigenvalue weighted by atomic mass is 31.2. The molecule has 0 saturated carbocycles. The van der Waals surface area contributed by atoms with Crippen molar-refractivity contribution in [3.05, 3.63) is 170 Å². The molecule has 9 rings (SSSR count). The molecule has 1 aliphatic rings. The van der Waals surface area contributed by atoms with Gasteiger partial charge >= 0.3 is 0 Å². The summed E-state index contributed by atoms with van der Waals surface area (Å²) in [4.78, 5) is 9.97. The maximum Gasteiger partial charge on any atom is 0.160 e. The summed E-state index contributed by atoms with van der Waals surface area (Å²) < 4.78 is 14.0. The third-order valence-corrected chi connectivity index (χ3v) is 12.3. The van der Waals surface area contributed by atoms with Gasteiger partial charge in [-0.3, -0.25) is 0 Å². The normalized spacial score (nSPS) is 14.8. The van der Waals surface area contributed by atoms with E-state index in [-0.39, 0.29) is 0 Å². The van der Waals surface area contributed by atoms with Gasteiger partial charge in [0, 0.05) is 32.9 Å². The lowest BCUT2D eigenvalue weighted by Crippen LogP contribution is -2.08. The smallest absolute Gasteiger partial charge is 0.160 e. The lowest BCUT2D eigenvalue weighted by atomic mass is 9.88. The molecule has 0 aliphatic carbocycles. The fourth-order valence-corrected chi connectivity index (χ4v) is 9.58. The zero-order chi connectivity index (χ0) is 33.0. The second-order valence-electron chi connectivity index (χ2n) is 12.6. The fraction of sp³-hybridized carbons (Fsp3) is 0.0222. The van der Waals surface area contributed by atoms with Crippen LogP contribution < -0.4 is 10.6 Å². The summed E-state index contributed by atoms with van der Waals surface area (Å²) in [5.41, 5.74) is 11.6. The van der Waals surface area contributed by atoms with Crippen LogP contribution in [-0.2, 0) is 4.57 Å². The van der Waals surface area contributed by atoms with Crippen molar-refractivity contribution in [1.29, 1.82) is 0 Å².